The summed E-state index contributed by atoms with van der Waals surface area (Å²) in [5, 5.41) is 2.95. The van der Waals surface area contributed by atoms with E-state index >= 15 is 0 Å². The van der Waals surface area contributed by atoms with E-state index in [1.807, 2.05) is 0 Å². The molecule has 0 radical (unpaired) electrons. The first-order chi connectivity index (χ1) is 8.75. The summed E-state index contributed by atoms with van der Waals surface area (Å²) in [6.45, 7) is 2.45. The number of nitrogens with one attached hydrogen (secondary N) is 1. The molecule has 1 fully saturated rings. The van der Waals surface area contributed by atoms with Crippen molar-refractivity contribution >= 4 is 24.0 Å². The van der Waals surface area contributed by atoms with Gasteiger partial charge in [-0.3, -0.25) is 4.79 Å². The Morgan fingerprint density at radius 2 is 1.89 bits per heavy atom. The van der Waals surface area contributed by atoms with Crippen LogP contribution in [0.4, 0.5) is 5.69 Å². The molecule has 0 aromatic heterocycles. The predicted octanol–water partition coefficient (Wildman–Crippen LogP) is 2.24. The molecule has 4 nitrogen and oxygen atoms in total. The molecule has 5 heteroatoms. The number of hydrogen-bond acceptors (Lipinski definition) is 3. The van der Waals surface area contributed by atoms with E-state index in [2.05, 4.69) is 5.32 Å². The molecule has 1 heterocycles. The van der Waals surface area contributed by atoms with Crippen molar-refractivity contribution in [1.29, 1.82) is 0 Å². The second kappa shape index (κ2) is 8.02. The highest BCUT2D eigenvalue weighted by molar-refractivity contribution is 5.94. The predicted molar refractivity (Wildman–Crippen MR) is 78.6 cm³/mol. The zero-order valence-corrected chi connectivity index (χ0v) is 11.7. The van der Waals surface area contributed by atoms with E-state index in [9.17, 15) is 4.79 Å². The summed E-state index contributed by atoms with van der Waals surface area (Å²) >= 11 is 0. The lowest BCUT2D eigenvalue weighted by molar-refractivity contribution is 0.0636. The van der Waals surface area contributed by atoms with Crippen LogP contribution >= 0.6 is 12.4 Å². The molecule has 0 spiro atoms. The van der Waals surface area contributed by atoms with Crippen molar-refractivity contribution in [2.45, 2.75) is 19.3 Å². The van der Waals surface area contributed by atoms with Gasteiger partial charge in [0, 0.05) is 31.0 Å². The molecule has 0 unspecified atom stereocenters. The van der Waals surface area contributed by atoms with Crippen molar-refractivity contribution < 1.29 is 9.53 Å². The maximum Gasteiger partial charge on any atom is 0.251 e. The summed E-state index contributed by atoms with van der Waals surface area (Å²) in [6.07, 6.45) is 3.25. The van der Waals surface area contributed by atoms with Gasteiger partial charge in [0.1, 0.15) is 0 Å². The number of hydrogen-bond donors (Lipinski definition) is 2. The molecule has 19 heavy (non-hydrogen) atoms. The molecule has 1 saturated heterocycles. The highest BCUT2D eigenvalue weighted by Crippen LogP contribution is 2.17. The average Bonchev–Trinajstić information content (AvgIpc) is 2.40. The monoisotopic (exact) mass is 284 g/mol. The fourth-order valence-corrected chi connectivity index (χ4v) is 2.16. The molecule has 0 aliphatic carbocycles. The molecular formula is C14H21ClN2O2. The fraction of sp³-hybridized carbons (Fsp3) is 0.500. The van der Waals surface area contributed by atoms with Gasteiger partial charge >= 0.3 is 0 Å². The second-order valence-electron chi connectivity index (χ2n) is 4.72. The van der Waals surface area contributed by atoms with Crippen molar-refractivity contribution in [3.8, 4) is 0 Å². The van der Waals surface area contributed by atoms with Crippen LogP contribution < -0.4 is 11.1 Å². The van der Waals surface area contributed by atoms with Crippen LogP contribution in [-0.2, 0) is 4.74 Å². The number of anilines is 1. The van der Waals surface area contributed by atoms with Crippen LogP contribution in [-0.4, -0.2) is 25.7 Å². The summed E-state index contributed by atoms with van der Waals surface area (Å²) < 4.78 is 5.31. The first-order valence-electron chi connectivity index (χ1n) is 6.47. The minimum atomic E-state index is -0.0259. The molecule has 0 saturated carbocycles. The quantitative estimate of drug-likeness (QED) is 0.834. The minimum Gasteiger partial charge on any atom is -0.399 e. The highest BCUT2D eigenvalue weighted by Gasteiger charge is 2.13. The topological polar surface area (TPSA) is 64.4 Å². The molecule has 1 aromatic carbocycles. The van der Waals surface area contributed by atoms with Crippen LogP contribution in [0.3, 0.4) is 0 Å². The third-order valence-electron chi connectivity index (χ3n) is 3.35. The molecule has 1 aliphatic rings. The van der Waals surface area contributed by atoms with Crippen molar-refractivity contribution in [3.63, 3.8) is 0 Å². The van der Waals surface area contributed by atoms with Gasteiger partial charge in [0.05, 0.1) is 0 Å². The van der Waals surface area contributed by atoms with Gasteiger partial charge in [-0.15, -0.1) is 12.4 Å². The SMILES string of the molecule is Cl.Nc1ccc(C(=O)NCCC2CCOCC2)cc1. The van der Waals surface area contributed by atoms with Crippen LogP contribution in [0.1, 0.15) is 29.6 Å². The Kier molecular flexibility index (Phi) is 6.67. The molecule has 1 amide bonds. The van der Waals surface area contributed by atoms with Gasteiger partial charge < -0.3 is 15.8 Å². The molecular weight excluding hydrogens is 264 g/mol. The Balaban J connectivity index is 0.00000180. The highest BCUT2D eigenvalue weighted by atomic mass is 35.5. The number of halogens is 1. The second-order valence-corrected chi connectivity index (χ2v) is 4.72. The maximum atomic E-state index is 11.8. The van der Waals surface area contributed by atoms with Gasteiger partial charge in [0.2, 0.25) is 0 Å². The van der Waals surface area contributed by atoms with Crippen molar-refractivity contribution in [3.05, 3.63) is 29.8 Å². The largest absolute Gasteiger partial charge is 0.399 e. The zero-order valence-electron chi connectivity index (χ0n) is 10.9. The lowest BCUT2D eigenvalue weighted by atomic mass is 9.97. The molecule has 3 N–H and O–H groups in total. The average molecular weight is 285 g/mol. The van der Waals surface area contributed by atoms with E-state index in [-0.39, 0.29) is 18.3 Å². The van der Waals surface area contributed by atoms with Gasteiger partial charge in [-0.05, 0) is 49.4 Å². The lowest BCUT2D eigenvalue weighted by Gasteiger charge is -2.21. The van der Waals surface area contributed by atoms with Crippen LogP contribution in [0.2, 0.25) is 0 Å². The fourth-order valence-electron chi connectivity index (χ4n) is 2.16. The molecule has 1 aliphatic heterocycles. The van der Waals surface area contributed by atoms with Crippen molar-refractivity contribution in [2.24, 2.45) is 5.92 Å². The van der Waals surface area contributed by atoms with E-state index in [4.69, 9.17) is 10.5 Å². The van der Waals surface area contributed by atoms with E-state index in [1.54, 1.807) is 24.3 Å². The van der Waals surface area contributed by atoms with Crippen LogP contribution in [0.15, 0.2) is 24.3 Å². The Labute approximate surface area is 120 Å². The van der Waals surface area contributed by atoms with Crippen LogP contribution in [0.25, 0.3) is 0 Å². The smallest absolute Gasteiger partial charge is 0.251 e. The van der Waals surface area contributed by atoms with Crippen molar-refractivity contribution in [2.75, 3.05) is 25.5 Å². The minimum absolute atomic E-state index is 0. The van der Waals surface area contributed by atoms with Gasteiger partial charge in [0.25, 0.3) is 5.91 Å². The number of carbonyl (C=O) groups excluding carboxylic acids is 1. The number of carbonyl (C=O) groups is 1. The molecule has 1 aromatic rings. The third-order valence-corrected chi connectivity index (χ3v) is 3.35. The summed E-state index contributed by atoms with van der Waals surface area (Å²) in [5.41, 5.74) is 6.92. The molecule has 0 bridgehead atoms. The number of nitrogen functional groups attached to an aromatic ring is 1. The van der Waals surface area contributed by atoms with Crippen LogP contribution in [0, 0.1) is 5.92 Å². The van der Waals surface area contributed by atoms with Gasteiger partial charge in [-0.1, -0.05) is 0 Å². The van der Waals surface area contributed by atoms with E-state index in [0.29, 0.717) is 17.2 Å². The van der Waals surface area contributed by atoms with Gasteiger partial charge in [-0.25, -0.2) is 0 Å². The van der Waals surface area contributed by atoms with Crippen molar-refractivity contribution in [1.82, 2.24) is 5.32 Å². The standard InChI is InChI=1S/C14H20N2O2.ClH/c15-13-3-1-12(2-4-13)14(17)16-8-5-11-6-9-18-10-7-11;/h1-4,11H,5-10,15H2,(H,16,17);1H. The normalized spacial score (nSPS) is 15.6. The van der Waals surface area contributed by atoms with E-state index < -0.39 is 0 Å². The summed E-state index contributed by atoms with van der Waals surface area (Å²) in [7, 11) is 0. The third kappa shape index (κ3) is 5.09. The first kappa shape index (κ1) is 15.8. The Morgan fingerprint density at radius 1 is 1.26 bits per heavy atom. The van der Waals surface area contributed by atoms with E-state index in [0.717, 1.165) is 39.0 Å². The molecule has 2 rings (SSSR count). The summed E-state index contributed by atoms with van der Waals surface area (Å²) in [6, 6.07) is 6.99. The summed E-state index contributed by atoms with van der Waals surface area (Å²) in [4.78, 5) is 11.8. The number of amides is 1. The number of nitrogens with two attached hydrogens (primary N) is 1. The zero-order chi connectivity index (χ0) is 12.8. The number of rotatable bonds is 4. The first-order valence-corrected chi connectivity index (χ1v) is 6.47. The summed E-state index contributed by atoms with van der Waals surface area (Å²) in [5.74, 6) is 0.660. The maximum absolute atomic E-state index is 11.8. The van der Waals surface area contributed by atoms with Gasteiger partial charge in [0.15, 0.2) is 0 Å². The van der Waals surface area contributed by atoms with E-state index in [1.165, 1.54) is 0 Å². The number of benzene rings is 1. The Morgan fingerprint density at radius 3 is 2.53 bits per heavy atom. The van der Waals surface area contributed by atoms with Gasteiger partial charge in [-0.2, -0.15) is 0 Å². The Bertz CT molecular complexity index is 389. The lowest BCUT2D eigenvalue weighted by Crippen LogP contribution is -2.27. The molecule has 0 atom stereocenters. The number of ether oxygens (including phenoxy) is 1. The Hall–Kier alpha value is -1.26. The molecule has 106 valence electrons. The van der Waals surface area contributed by atoms with Crippen LogP contribution in [0.5, 0.6) is 0 Å².